The first-order chi connectivity index (χ1) is 8.00. The molecule has 0 unspecified atom stereocenters. The van der Waals surface area contributed by atoms with Crippen molar-refractivity contribution in [3.05, 3.63) is 0 Å². The SMILES string of the molecule is CN1CCC(NS(=O)(=O)C(C)(C)C)(C(N)=S)CC1. The third kappa shape index (κ3) is 3.20. The van der Waals surface area contributed by atoms with Crippen molar-refractivity contribution in [3.63, 3.8) is 0 Å². The molecule has 0 saturated carbocycles. The van der Waals surface area contributed by atoms with Gasteiger partial charge in [0.2, 0.25) is 10.0 Å². The molecular weight excluding hydrogens is 270 g/mol. The highest BCUT2D eigenvalue weighted by atomic mass is 32.2. The molecule has 0 aromatic carbocycles. The second-order valence-electron chi connectivity index (χ2n) is 5.97. The molecule has 1 heterocycles. The van der Waals surface area contributed by atoms with Crippen LogP contribution in [0, 0.1) is 0 Å². The van der Waals surface area contributed by atoms with Crippen LogP contribution in [0.4, 0.5) is 0 Å². The molecule has 106 valence electrons. The van der Waals surface area contributed by atoms with Gasteiger partial charge in [-0.05, 0) is 40.7 Å². The lowest BCUT2D eigenvalue weighted by molar-refractivity contribution is 0.220. The highest BCUT2D eigenvalue weighted by Gasteiger charge is 2.43. The fraction of sp³-hybridized carbons (Fsp3) is 0.909. The van der Waals surface area contributed by atoms with E-state index in [4.69, 9.17) is 18.0 Å². The van der Waals surface area contributed by atoms with Gasteiger partial charge in [-0.1, -0.05) is 12.2 Å². The summed E-state index contributed by atoms with van der Waals surface area (Å²) < 4.78 is 26.4. The Kier molecular flexibility index (Phi) is 4.42. The summed E-state index contributed by atoms with van der Waals surface area (Å²) in [5.74, 6) is 0. The van der Waals surface area contributed by atoms with Gasteiger partial charge in [-0.3, -0.25) is 0 Å². The van der Waals surface area contributed by atoms with E-state index in [0.29, 0.717) is 12.8 Å². The number of sulfonamides is 1. The minimum Gasteiger partial charge on any atom is -0.392 e. The largest absolute Gasteiger partial charge is 0.392 e. The Hall–Kier alpha value is -0.240. The molecule has 0 aromatic rings. The summed E-state index contributed by atoms with van der Waals surface area (Å²) >= 11 is 5.09. The van der Waals surface area contributed by atoms with Crippen LogP contribution in [0.5, 0.6) is 0 Å². The van der Waals surface area contributed by atoms with Crippen LogP contribution in [-0.2, 0) is 10.0 Å². The van der Waals surface area contributed by atoms with Crippen molar-refractivity contribution in [2.75, 3.05) is 20.1 Å². The van der Waals surface area contributed by atoms with E-state index in [0.717, 1.165) is 13.1 Å². The first kappa shape index (κ1) is 15.8. The Labute approximate surface area is 115 Å². The number of likely N-dealkylation sites (tertiary alicyclic amines) is 1. The van der Waals surface area contributed by atoms with Crippen molar-refractivity contribution >= 4 is 27.2 Å². The van der Waals surface area contributed by atoms with Crippen LogP contribution in [0.25, 0.3) is 0 Å². The molecule has 0 amide bonds. The molecule has 3 N–H and O–H groups in total. The molecule has 0 aliphatic carbocycles. The summed E-state index contributed by atoms with van der Waals surface area (Å²) in [6, 6.07) is 0. The third-order valence-corrected chi connectivity index (χ3v) is 6.11. The molecule has 5 nitrogen and oxygen atoms in total. The van der Waals surface area contributed by atoms with Crippen LogP contribution in [-0.4, -0.2) is 48.7 Å². The Bertz CT molecular complexity index is 418. The van der Waals surface area contributed by atoms with E-state index >= 15 is 0 Å². The maximum atomic E-state index is 12.3. The third-order valence-electron chi connectivity index (χ3n) is 3.45. The zero-order valence-electron chi connectivity index (χ0n) is 11.5. The predicted molar refractivity (Wildman–Crippen MR) is 78.1 cm³/mol. The molecule has 1 aliphatic heterocycles. The van der Waals surface area contributed by atoms with Crippen molar-refractivity contribution in [1.29, 1.82) is 0 Å². The van der Waals surface area contributed by atoms with E-state index in [2.05, 4.69) is 9.62 Å². The van der Waals surface area contributed by atoms with Gasteiger partial charge in [-0.2, -0.15) is 0 Å². The molecule has 18 heavy (non-hydrogen) atoms. The van der Waals surface area contributed by atoms with Gasteiger partial charge in [0.25, 0.3) is 0 Å². The smallest absolute Gasteiger partial charge is 0.217 e. The topological polar surface area (TPSA) is 75.4 Å². The minimum absolute atomic E-state index is 0.239. The van der Waals surface area contributed by atoms with Crippen molar-refractivity contribution in [2.45, 2.75) is 43.9 Å². The van der Waals surface area contributed by atoms with Gasteiger partial charge in [0.1, 0.15) is 0 Å². The van der Waals surface area contributed by atoms with Crippen LogP contribution in [0.3, 0.4) is 0 Å². The number of hydrogen-bond acceptors (Lipinski definition) is 4. The Balaban J connectivity index is 2.99. The van der Waals surface area contributed by atoms with Crippen molar-refractivity contribution in [2.24, 2.45) is 5.73 Å². The summed E-state index contributed by atoms with van der Waals surface area (Å²) in [6.07, 6.45) is 1.24. The molecule has 0 atom stereocenters. The Morgan fingerprint density at radius 3 is 2.11 bits per heavy atom. The lowest BCUT2D eigenvalue weighted by Crippen LogP contribution is -2.63. The standard InChI is InChI=1S/C11H23N3O2S2/c1-10(2,3)18(15,16)13-11(9(12)17)5-7-14(4)8-6-11/h13H,5-8H2,1-4H3,(H2,12,17). The highest BCUT2D eigenvalue weighted by Crippen LogP contribution is 2.26. The highest BCUT2D eigenvalue weighted by molar-refractivity contribution is 7.91. The van der Waals surface area contributed by atoms with Crippen LogP contribution in [0.15, 0.2) is 0 Å². The van der Waals surface area contributed by atoms with Gasteiger partial charge >= 0.3 is 0 Å². The molecular formula is C11H23N3O2S2. The molecule has 1 fully saturated rings. The first-order valence-electron chi connectivity index (χ1n) is 6.02. The quantitative estimate of drug-likeness (QED) is 0.739. The van der Waals surface area contributed by atoms with Gasteiger partial charge in [0, 0.05) is 13.1 Å². The Morgan fingerprint density at radius 1 is 1.33 bits per heavy atom. The molecule has 1 aliphatic rings. The predicted octanol–water partition coefficient (Wildman–Crippen LogP) is 0.455. The van der Waals surface area contributed by atoms with E-state index in [-0.39, 0.29) is 4.99 Å². The maximum absolute atomic E-state index is 12.3. The number of nitrogens with zero attached hydrogens (tertiary/aromatic N) is 1. The number of rotatable bonds is 3. The average Bonchev–Trinajstić information content (AvgIpc) is 2.19. The number of piperidine rings is 1. The van der Waals surface area contributed by atoms with E-state index < -0.39 is 20.3 Å². The van der Waals surface area contributed by atoms with E-state index in [1.165, 1.54) is 0 Å². The van der Waals surface area contributed by atoms with Crippen LogP contribution < -0.4 is 10.5 Å². The van der Waals surface area contributed by atoms with E-state index in [1.54, 1.807) is 20.8 Å². The number of hydrogen-bond donors (Lipinski definition) is 2. The van der Waals surface area contributed by atoms with Crippen molar-refractivity contribution in [3.8, 4) is 0 Å². The maximum Gasteiger partial charge on any atom is 0.217 e. The normalized spacial score (nSPS) is 21.8. The monoisotopic (exact) mass is 293 g/mol. The van der Waals surface area contributed by atoms with E-state index in [1.807, 2.05) is 7.05 Å². The summed E-state index contributed by atoms with van der Waals surface area (Å²) in [4.78, 5) is 2.38. The molecule has 1 saturated heterocycles. The summed E-state index contributed by atoms with van der Waals surface area (Å²) in [5.41, 5.74) is 5.01. The lowest BCUT2D eigenvalue weighted by Gasteiger charge is -2.41. The lowest BCUT2D eigenvalue weighted by atomic mass is 9.89. The Morgan fingerprint density at radius 2 is 1.78 bits per heavy atom. The second-order valence-corrected chi connectivity index (χ2v) is 8.84. The van der Waals surface area contributed by atoms with Crippen LogP contribution in [0.1, 0.15) is 33.6 Å². The number of nitrogens with two attached hydrogens (primary N) is 1. The van der Waals surface area contributed by atoms with E-state index in [9.17, 15) is 8.42 Å². The summed E-state index contributed by atoms with van der Waals surface area (Å²) in [7, 11) is -1.45. The van der Waals surface area contributed by atoms with Gasteiger partial charge in [0.05, 0.1) is 15.3 Å². The molecule has 0 radical (unpaired) electrons. The number of thiocarbonyl (C=S) groups is 1. The minimum atomic E-state index is -3.45. The van der Waals surface area contributed by atoms with Crippen LogP contribution >= 0.6 is 12.2 Å². The molecule has 0 aromatic heterocycles. The van der Waals surface area contributed by atoms with Gasteiger partial charge in [0.15, 0.2) is 0 Å². The van der Waals surface area contributed by atoms with Crippen LogP contribution in [0.2, 0.25) is 0 Å². The molecule has 0 spiro atoms. The zero-order valence-corrected chi connectivity index (χ0v) is 13.1. The van der Waals surface area contributed by atoms with Gasteiger partial charge < -0.3 is 10.6 Å². The molecule has 7 heteroatoms. The summed E-state index contributed by atoms with van der Waals surface area (Å²) in [6.45, 7) is 6.56. The fourth-order valence-corrected chi connectivity index (χ4v) is 3.26. The zero-order chi connectivity index (χ0) is 14.2. The van der Waals surface area contributed by atoms with Gasteiger partial charge in [-0.15, -0.1) is 0 Å². The van der Waals surface area contributed by atoms with Crippen molar-refractivity contribution < 1.29 is 8.42 Å². The summed E-state index contributed by atoms with van der Waals surface area (Å²) in [5, 5.41) is 0. The molecule has 0 bridgehead atoms. The number of nitrogens with one attached hydrogen (secondary N) is 1. The molecule has 1 rings (SSSR count). The second kappa shape index (κ2) is 5.03. The van der Waals surface area contributed by atoms with Gasteiger partial charge in [-0.25, -0.2) is 13.1 Å². The van der Waals surface area contributed by atoms with Crippen molar-refractivity contribution in [1.82, 2.24) is 9.62 Å². The first-order valence-corrected chi connectivity index (χ1v) is 7.91. The average molecular weight is 293 g/mol. The fourth-order valence-electron chi connectivity index (χ4n) is 1.81.